The van der Waals surface area contributed by atoms with Crippen LogP contribution in [0.4, 0.5) is 0 Å². The normalized spacial score (nSPS) is 19.2. The van der Waals surface area contributed by atoms with Gasteiger partial charge in [0.2, 0.25) is 0 Å². The quantitative estimate of drug-likeness (QED) is 0.800. The van der Waals surface area contributed by atoms with Gasteiger partial charge in [0.05, 0.1) is 0 Å². The summed E-state index contributed by atoms with van der Waals surface area (Å²) in [4.78, 5) is 0. The van der Waals surface area contributed by atoms with E-state index >= 15 is 0 Å². The fourth-order valence-electron chi connectivity index (χ4n) is 2.22. The Morgan fingerprint density at radius 1 is 1.44 bits per heavy atom. The van der Waals surface area contributed by atoms with Gasteiger partial charge in [-0.1, -0.05) is 0 Å². The van der Waals surface area contributed by atoms with Crippen LogP contribution >= 0.6 is 0 Å². The molecule has 2 heterocycles. The van der Waals surface area contributed by atoms with E-state index in [9.17, 15) is 8.42 Å². The maximum absolute atomic E-state index is 12.3. The van der Waals surface area contributed by atoms with Crippen LogP contribution in [0.5, 0.6) is 0 Å². The monoisotopic (exact) mass is 273 g/mol. The van der Waals surface area contributed by atoms with Gasteiger partial charge in [0.1, 0.15) is 0 Å². The fraction of sp³-hybridized carbons (Fsp3) is 0.727. The Hall–Kier alpha value is -0.920. The molecular formula is C11H19N3O3S. The molecular weight excluding hydrogens is 254 g/mol. The summed E-state index contributed by atoms with van der Waals surface area (Å²) in [6, 6.07) is 1.54. The van der Waals surface area contributed by atoms with Crippen molar-refractivity contribution in [3.05, 3.63) is 12.3 Å². The topological polar surface area (TPSA) is 64.4 Å². The van der Waals surface area contributed by atoms with Crippen LogP contribution in [-0.4, -0.2) is 49.3 Å². The van der Waals surface area contributed by atoms with E-state index in [0.29, 0.717) is 25.6 Å². The first-order valence-corrected chi connectivity index (χ1v) is 7.47. The maximum Gasteiger partial charge on any atom is 0.262 e. The number of sulfonamides is 1. The number of methoxy groups -OCH3 is 1. The molecule has 0 radical (unpaired) electrons. The van der Waals surface area contributed by atoms with Crippen molar-refractivity contribution in [1.29, 1.82) is 0 Å². The average Bonchev–Trinajstić information content (AvgIpc) is 2.78. The molecule has 7 heteroatoms. The summed E-state index contributed by atoms with van der Waals surface area (Å²) in [6.45, 7) is 1.80. The lowest BCUT2D eigenvalue weighted by Crippen LogP contribution is -2.39. The summed E-state index contributed by atoms with van der Waals surface area (Å²) in [6.07, 6.45) is 3.34. The Morgan fingerprint density at radius 3 is 2.61 bits per heavy atom. The van der Waals surface area contributed by atoms with E-state index in [1.165, 1.54) is 15.1 Å². The van der Waals surface area contributed by atoms with E-state index in [4.69, 9.17) is 4.74 Å². The number of hydrogen-bond acceptors (Lipinski definition) is 4. The molecule has 0 aromatic carbocycles. The second-order valence-electron chi connectivity index (χ2n) is 4.63. The summed E-state index contributed by atoms with van der Waals surface area (Å²) in [5.74, 6) is 0.463. The smallest absolute Gasteiger partial charge is 0.262 e. The van der Waals surface area contributed by atoms with Gasteiger partial charge < -0.3 is 4.74 Å². The molecule has 0 atom stereocenters. The second-order valence-corrected chi connectivity index (χ2v) is 6.52. The van der Waals surface area contributed by atoms with Gasteiger partial charge in [0.15, 0.2) is 5.03 Å². The zero-order valence-corrected chi connectivity index (χ0v) is 11.6. The van der Waals surface area contributed by atoms with E-state index < -0.39 is 10.0 Å². The Bertz CT molecular complexity index is 489. The first kappa shape index (κ1) is 13.5. The lowest BCUT2D eigenvalue weighted by atomic mass is 9.99. The van der Waals surface area contributed by atoms with Crippen molar-refractivity contribution in [3.8, 4) is 0 Å². The molecule has 1 aromatic heterocycles. The molecule has 102 valence electrons. The number of aryl methyl sites for hydroxylation is 1. The van der Waals surface area contributed by atoms with Crippen molar-refractivity contribution in [3.63, 3.8) is 0 Å². The van der Waals surface area contributed by atoms with Gasteiger partial charge >= 0.3 is 0 Å². The molecule has 1 aliphatic heterocycles. The minimum atomic E-state index is -3.42. The van der Waals surface area contributed by atoms with Gasteiger partial charge in [0.25, 0.3) is 10.0 Å². The van der Waals surface area contributed by atoms with Crippen molar-refractivity contribution in [2.45, 2.75) is 17.9 Å². The largest absolute Gasteiger partial charge is 0.384 e. The molecule has 6 nitrogen and oxygen atoms in total. The van der Waals surface area contributed by atoms with Gasteiger partial charge in [-0.05, 0) is 24.8 Å². The zero-order chi connectivity index (χ0) is 13.2. The van der Waals surface area contributed by atoms with Crippen molar-refractivity contribution < 1.29 is 13.2 Å². The minimum Gasteiger partial charge on any atom is -0.384 e. The van der Waals surface area contributed by atoms with Gasteiger partial charge in [-0.15, -0.1) is 0 Å². The summed E-state index contributed by atoms with van der Waals surface area (Å²) in [5, 5.41) is 4.11. The van der Waals surface area contributed by atoms with Crippen LogP contribution in [0.2, 0.25) is 0 Å². The summed E-state index contributed by atoms with van der Waals surface area (Å²) in [5.41, 5.74) is 0. The molecule has 0 N–H and O–H groups in total. The number of rotatable bonds is 4. The first-order chi connectivity index (χ1) is 8.54. The maximum atomic E-state index is 12.3. The van der Waals surface area contributed by atoms with Crippen LogP contribution in [0.15, 0.2) is 17.3 Å². The molecule has 0 spiro atoms. The van der Waals surface area contributed by atoms with Crippen LogP contribution in [0.3, 0.4) is 0 Å². The molecule has 1 saturated heterocycles. The van der Waals surface area contributed by atoms with Crippen molar-refractivity contribution >= 4 is 10.0 Å². The van der Waals surface area contributed by atoms with Gasteiger partial charge in [-0.25, -0.2) is 8.42 Å². The van der Waals surface area contributed by atoms with Crippen LogP contribution in [0.25, 0.3) is 0 Å². The predicted molar refractivity (Wildman–Crippen MR) is 66.6 cm³/mol. The highest BCUT2D eigenvalue weighted by atomic mass is 32.2. The number of hydrogen-bond donors (Lipinski definition) is 0. The molecule has 0 unspecified atom stereocenters. The SMILES string of the molecule is COCC1CCN(S(=O)(=O)c2ccn(C)n2)CC1. The molecule has 0 bridgehead atoms. The summed E-state index contributed by atoms with van der Waals surface area (Å²) >= 11 is 0. The highest BCUT2D eigenvalue weighted by Gasteiger charge is 2.30. The number of ether oxygens (including phenoxy) is 1. The number of nitrogens with zero attached hydrogens (tertiary/aromatic N) is 3. The number of aromatic nitrogens is 2. The highest BCUT2D eigenvalue weighted by molar-refractivity contribution is 7.89. The van der Waals surface area contributed by atoms with E-state index in [-0.39, 0.29) is 5.03 Å². The van der Waals surface area contributed by atoms with Crippen molar-refractivity contribution in [2.75, 3.05) is 26.8 Å². The van der Waals surface area contributed by atoms with Crippen molar-refractivity contribution in [2.24, 2.45) is 13.0 Å². The lowest BCUT2D eigenvalue weighted by Gasteiger charge is -2.30. The molecule has 1 fully saturated rings. The van der Waals surface area contributed by atoms with Crippen LogP contribution in [0, 0.1) is 5.92 Å². The highest BCUT2D eigenvalue weighted by Crippen LogP contribution is 2.22. The third-order valence-electron chi connectivity index (χ3n) is 3.27. The van der Waals surface area contributed by atoms with Gasteiger partial charge in [0, 0.05) is 40.1 Å². The Kier molecular flexibility index (Phi) is 4.04. The minimum absolute atomic E-state index is 0.134. The summed E-state index contributed by atoms with van der Waals surface area (Å²) < 4.78 is 32.7. The fourth-order valence-corrected chi connectivity index (χ4v) is 3.64. The molecule has 18 heavy (non-hydrogen) atoms. The van der Waals surface area contributed by atoms with Crippen LogP contribution in [0.1, 0.15) is 12.8 Å². The van der Waals surface area contributed by atoms with Crippen molar-refractivity contribution in [1.82, 2.24) is 14.1 Å². The Balaban J connectivity index is 2.05. The predicted octanol–water partition coefficient (Wildman–Crippen LogP) is 0.467. The molecule has 0 aliphatic carbocycles. The van der Waals surface area contributed by atoms with E-state index in [1.807, 2.05) is 0 Å². The zero-order valence-electron chi connectivity index (χ0n) is 10.7. The molecule has 1 aliphatic rings. The Labute approximate surface area is 108 Å². The first-order valence-electron chi connectivity index (χ1n) is 6.03. The van der Waals surface area contributed by atoms with Gasteiger partial charge in [-0.3, -0.25) is 4.68 Å². The number of piperidine rings is 1. The molecule has 2 rings (SSSR count). The standard InChI is InChI=1S/C11H19N3O3S/c1-13-6-5-11(12-13)18(15,16)14-7-3-10(4-8-14)9-17-2/h5-6,10H,3-4,7-9H2,1-2H3. The van der Waals surface area contributed by atoms with E-state index in [1.54, 1.807) is 20.4 Å². The third kappa shape index (κ3) is 2.73. The molecule has 0 saturated carbocycles. The van der Waals surface area contributed by atoms with E-state index in [2.05, 4.69) is 5.10 Å². The third-order valence-corrected chi connectivity index (χ3v) is 5.06. The average molecular weight is 273 g/mol. The van der Waals surface area contributed by atoms with Gasteiger partial charge in [-0.2, -0.15) is 9.40 Å². The molecule has 1 aromatic rings. The second kappa shape index (κ2) is 5.38. The molecule has 0 amide bonds. The van der Waals surface area contributed by atoms with Crippen LogP contribution < -0.4 is 0 Å². The van der Waals surface area contributed by atoms with E-state index in [0.717, 1.165) is 12.8 Å². The van der Waals surface area contributed by atoms with Crippen LogP contribution in [-0.2, 0) is 21.8 Å². The lowest BCUT2D eigenvalue weighted by molar-refractivity contribution is 0.121. The summed E-state index contributed by atoms with van der Waals surface area (Å²) in [7, 11) is -0.0293. The Morgan fingerprint density at radius 2 is 2.11 bits per heavy atom.